The average molecular weight is 364 g/mol. The van der Waals surface area contributed by atoms with Gasteiger partial charge in [-0.3, -0.25) is 0 Å². The average Bonchev–Trinajstić information content (AvgIpc) is 2.30. The minimum Gasteiger partial charge on any atom is -0.475 e. The third-order valence-electron chi connectivity index (χ3n) is 3.11. The highest BCUT2D eigenvalue weighted by molar-refractivity contribution is 9.11. The van der Waals surface area contributed by atoms with Crippen molar-refractivity contribution in [1.29, 1.82) is 0 Å². The fourth-order valence-corrected chi connectivity index (χ4v) is 3.14. The molecule has 0 amide bonds. The number of halogens is 2. The lowest BCUT2D eigenvalue weighted by Crippen LogP contribution is -2.40. The second-order valence-electron chi connectivity index (χ2n) is 4.38. The molecule has 5 heteroatoms. The minimum atomic E-state index is 0.515. The van der Waals surface area contributed by atoms with Crippen LogP contribution in [0.25, 0.3) is 0 Å². The van der Waals surface area contributed by atoms with E-state index < -0.39 is 0 Å². The number of rotatable bonds is 3. The normalized spacial score (nSPS) is 21.5. The van der Waals surface area contributed by atoms with Gasteiger partial charge in [0.15, 0.2) is 0 Å². The standard InChI is InChI=1S/C12H16Br2N2O/c1-16-5-3-2-4-10(16)8-17-12-11(14)6-9(13)7-15-12/h6-7,10H,2-5,8H2,1H3. The minimum absolute atomic E-state index is 0.515. The van der Waals surface area contributed by atoms with Crippen LogP contribution >= 0.6 is 31.9 Å². The Morgan fingerprint density at radius 1 is 1.47 bits per heavy atom. The van der Waals surface area contributed by atoms with Gasteiger partial charge < -0.3 is 9.64 Å². The summed E-state index contributed by atoms with van der Waals surface area (Å²) in [5.74, 6) is 0.673. The van der Waals surface area contributed by atoms with Crippen LogP contribution in [0.3, 0.4) is 0 Å². The fraction of sp³-hybridized carbons (Fsp3) is 0.583. The van der Waals surface area contributed by atoms with Crippen molar-refractivity contribution in [3.05, 3.63) is 21.2 Å². The first-order valence-electron chi connectivity index (χ1n) is 5.81. The van der Waals surface area contributed by atoms with Crippen LogP contribution in [-0.2, 0) is 0 Å². The molecule has 3 nitrogen and oxygen atoms in total. The Balaban J connectivity index is 1.92. The van der Waals surface area contributed by atoms with Crippen molar-refractivity contribution in [3.8, 4) is 5.88 Å². The molecule has 1 fully saturated rings. The summed E-state index contributed by atoms with van der Waals surface area (Å²) in [5.41, 5.74) is 0. The van der Waals surface area contributed by atoms with E-state index in [1.807, 2.05) is 6.07 Å². The summed E-state index contributed by atoms with van der Waals surface area (Å²) < 4.78 is 7.63. The number of piperidine rings is 1. The largest absolute Gasteiger partial charge is 0.475 e. The molecule has 0 radical (unpaired) electrons. The van der Waals surface area contributed by atoms with E-state index >= 15 is 0 Å². The van der Waals surface area contributed by atoms with Gasteiger partial charge in [-0.05, 0) is 64.4 Å². The molecule has 0 N–H and O–H groups in total. The Bertz CT molecular complexity index is 387. The summed E-state index contributed by atoms with van der Waals surface area (Å²) in [6.45, 7) is 1.88. The molecule has 94 valence electrons. The van der Waals surface area contributed by atoms with E-state index in [1.54, 1.807) is 6.20 Å². The number of pyridine rings is 1. The number of hydrogen-bond acceptors (Lipinski definition) is 3. The molecular weight excluding hydrogens is 348 g/mol. The predicted octanol–water partition coefficient (Wildman–Crippen LogP) is 3.47. The number of likely N-dealkylation sites (N-methyl/N-ethyl adjacent to an activating group) is 1. The molecule has 1 atom stereocenters. The van der Waals surface area contributed by atoms with Crippen molar-refractivity contribution in [2.75, 3.05) is 20.2 Å². The van der Waals surface area contributed by atoms with Crippen molar-refractivity contribution in [2.24, 2.45) is 0 Å². The maximum absolute atomic E-state index is 5.78. The summed E-state index contributed by atoms with van der Waals surface area (Å²) in [6.07, 6.45) is 5.57. The first-order chi connectivity index (χ1) is 8.16. The molecule has 1 aliphatic rings. The third kappa shape index (κ3) is 3.66. The lowest BCUT2D eigenvalue weighted by Gasteiger charge is -2.32. The van der Waals surface area contributed by atoms with E-state index in [1.165, 1.54) is 25.8 Å². The molecule has 2 rings (SSSR count). The van der Waals surface area contributed by atoms with Gasteiger partial charge in [-0.25, -0.2) is 4.98 Å². The summed E-state index contributed by atoms with van der Waals surface area (Å²) in [7, 11) is 2.16. The maximum atomic E-state index is 5.78. The lowest BCUT2D eigenvalue weighted by atomic mass is 10.0. The van der Waals surface area contributed by atoms with E-state index in [0.717, 1.165) is 8.95 Å². The maximum Gasteiger partial charge on any atom is 0.228 e. The van der Waals surface area contributed by atoms with Crippen LogP contribution in [0.5, 0.6) is 5.88 Å². The van der Waals surface area contributed by atoms with Crippen LogP contribution in [0.1, 0.15) is 19.3 Å². The first kappa shape index (κ1) is 13.3. The van der Waals surface area contributed by atoms with Gasteiger partial charge in [0.25, 0.3) is 0 Å². The highest BCUT2D eigenvalue weighted by Gasteiger charge is 2.19. The molecule has 0 saturated carbocycles. The van der Waals surface area contributed by atoms with Crippen molar-refractivity contribution in [2.45, 2.75) is 25.3 Å². The van der Waals surface area contributed by atoms with Gasteiger partial charge in [0.1, 0.15) is 6.61 Å². The zero-order chi connectivity index (χ0) is 12.3. The highest BCUT2D eigenvalue weighted by Crippen LogP contribution is 2.26. The van der Waals surface area contributed by atoms with Crippen LogP contribution < -0.4 is 4.74 Å². The van der Waals surface area contributed by atoms with Crippen LogP contribution in [-0.4, -0.2) is 36.1 Å². The zero-order valence-corrected chi connectivity index (χ0v) is 13.0. The van der Waals surface area contributed by atoms with Crippen molar-refractivity contribution in [1.82, 2.24) is 9.88 Å². The number of nitrogens with zero attached hydrogens (tertiary/aromatic N) is 2. The van der Waals surface area contributed by atoms with Crippen LogP contribution in [0.15, 0.2) is 21.2 Å². The smallest absolute Gasteiger partial charge is 0.228 e. The monoisotopic (exact) mass is 362 g/mol. The van der Waals surface area contributed by atoms with Crippen molar-refractivity contribution >= 4 is 31.9 Å². The Morgan fingerprint density at radius 2 is 2.29 bits per heavy atom. The molecule has 0 aromatic carbocycles. The number of hydrogen-bond donors (Lipinski definition) is 0. The SMILES string of the molecule is CN1CCCCC1COc1ncc(Br)cc1Br. The Hall–Kier alpha value is -0.130. The number of aromatic nitrogens is 1. The number of ether oxygens (including phenoxy) is 1. The fourth-order valence-electron chi connectivity index (χ4n) is 2.04. The molecule has 1 unspecified atom stereocenters. The summed E-state index contributed by atoms with van der Waals surface area (Å²) in [6, 6.07) is 2.47. The van der Waals surface area contributed by atoms with Gasteiger partial charge in [0.05, 0.1) is 4.47 Å². The molecule has 0 aliphatic carbocycles. The van der Waals surface area contributed by atoms with Crippen LogP contribution in [0.2, 0.25) is 0 Å². The van der Waals surface area contributed by atoms with E-state index in [-0.39, 0.29) is 0 Å². The quantitative estimate of drug-likeness (QED) is 0.822. The summed E-state index contributed by atoms with van der Waals surface area (Å²) in [4.78, 5) is 6.62. The lowest BCUT2D eigenvalue weighted by molar-refractivity contribution is 0.122. The molecule has 1 aliphatic heterocycles. The van der Waals surface area contributed by atoms with Crippen molar-refractivity contribution in [3.63, 3.8) is 0 Å². The number of likely N-dealkylation sites (tertiary alicyclic amines) is 1. The molecule has 17 heavy (non-hydrogen) atoms. The predicted molar refractivity (Wildman–Crippen MR) is 75.4 cm³/mol. The van der Waals surface area contributed by atoms with Gasteiger partial charge in [0.2, 0.25) is 5.88 Å². The zero-order valence-electron chi connectivity index (χ0n) is 9.83. The van der Waals surface area contributed by atoms with Gasteiger partial charge in [0, 0.05) is 16.7 Å². The second kappa shape index (κ2) is 6.16. The van der Waals surface area contributed by atoms with Gasteiger partial charge >= 0.3 is 0 Å². The molecule has 2 heterocycles. The Morgan fingerprint density at radius 3 is 3.00 bits per heavy atom. The van der Waals surface area contributed by atoms with Crippen LogP contribution in [0, 0.1) is 0 Å². The Kier molecular flexibility index (Phi) is 4.82. The van der Waals surface area contributed by atoms with E-state index in [9.17, 15) is 0 Å². The van der Waals surface area contributed by atoms with E-state index in [4.69, 9.17) is 4.74 Å². The van der Waals surface area contributed by atoms with E-state index in [0.29, 0.717) is 18.5 Å². The van der Waals surface area contributed by atoms with Crippen molar-refractivity contribution < 1.29 is 4.74 Å². The molecule has 0 bridgehead atoms. The summed E-state index contributed by atoms with van der Waals surface area (Å²) in [5, 5.41) is 0. The second-order valence-corrected chi connectivity index (χ2v) is 6.15. The molecule has 1 saturated heterocycles. The van der Waals surface area contributed by atoms with Gasteiger partial charge in [-0.15, -0.1) is 0 Å². The first-order valence-corrected chi connectivity index (χ1v) is 7.39. The Labute approximate surface area is 119 Å². The summed E-state index contributed by atoms with van der Waals surface area (Å²) >= 11 is 6.83. The molecular formula is C12H16Br2N2O. The van der Waals surface area contributed by atoms with E-state index in [2.05, 4.69) is 48.8 Å². The topological polar surface area (TPSA) is 25.4 Å². The molecule has 0 spiro atoms. The van der Waals surface area contributed by atoms with Crippen LogP contribution in [0.4, 0.5) is 0 Å². The van der Waals surface area contributed by atoms with Gasteiger partial charge in [-0.1, -0.05) is 6.42 Å². The van der Waals surface area contributed by atoms with Gasteiger partial charge in [-0.2, -0.15) is 0 Å². The highest BCUT2D eigenvalue weighted by atomic mass is 79.9. The third-order valence-corrected chi connectivity index (χ3v) is 4.11. The molecule has 1 aromatic heterocycles. The molecule has 1 aromatic rings.